The third kappa shape index (κ3) is 17.6. The van der Waals surface area contributed by atoms with Crippen LogP contribution in [0.25, 0.3) is 32.7 Å². The number of nitrogens with zero attached hydrogens (tertiary/aromatic N) is 14. The smallest absolute Gasteiger partial charge is 0.262 e. The monoisotopic (exact) mass is 1560 g/mol. The highest BCUT2D eigenvalue weighted by molar-refractivity contribution is 6.03. The highest BCUT2D eigenvalue weighted by Gasteiger charge is 2.31. The van der Waals surface area contributed by atoms with Gasteiger partial charge in [-0.2, -0.15) is 0 Å². The number of hydrogen-bond acceptors (Lipinski definition) is 21. The zero-order valence-electron chi connectivity index (χ0n) is 64.8. The van der Waals surface area contributed by atoms with Gasteiger partial charge in [-0.05, 0) is 125 Å². The first-order chi connectivity index (χ1) is 54.8. The first-order valence-corrected chi connectivity index (χ1v) is 36.9. The molecule has 15 rings (SSSR count). The van der Waals surface area contributed by atoms with Gasteiger partial charge in [0.1, 0.15) is 35.7 Å². The molecule has 594 valence electrons. The number of anilines is 9. The van der Waals surface area contributed by atoms with E-state index in [1.54, 1.807) is 63.1 Å². The minimum absolute atomic E-state index is 0.00702. The molecule has 0 radical (unpaired) electrons. The first kappa shape index (κ1) is 79.3. The number of likely N-dealkylation sites (N-methyl/N-ethyl adjacent to an activating group) is 2. The third-order valence-electron chi connectivity index (χ3n) is 19.5. The van der Waals surface area contributed by atoms with Crippen LogP contribution in [0.4, 0.5) is 77.9 Å². The van der Waals surface area contributed by atoms with Crippen molar-refractivity contribution in [2.24, 2.45) is 0 Å². The molecule has 3 saturated heterocycles. The van der Waals surface area contributed by atoms with Gasteiger partial charge in [0.15, 0.2) is 69.6 Å². The van der Waals surface area contributed by atoms with E-state index in [1.165, 1.54) is 51.9 Å². The highest BCUT2D eigenvalue weighted by atomic mass is 19.1. The first-order valence-electron chi connectivity index (χ1n) is 36.9. The lowest BCUT2D eigenvalue weighted by atomic mass is 10.2. The van der Waals surface area contributed by atoms with Gasteiger partial charge in [0, 0.05) is 206 Å². The molecule has 6 aromatic heterocycles. The molecule has 3 amide bonds. The van der Waals surface area contributed by atoms with Gasteiger partial charge in [-0.25, -0.2) is 56.2 Å². The number of hydrogen-bond donors (Lipinski definition) is 7. The minimum Gasteiger partial charge on any atom is -0.435 e. The molecule has 0 spiro atoms. The molecule has 33 heteroatoms. The normalized spacial score (nSPS) is 13.9. The SMILES string of the molecule is CCN1CCN(c2ccc(Nc3ncnc(Oc4cc(F)c5[nH]c(C)cc5c4F)c3C(=O)N(C)C)cc2)CC1.Cc1cc2c(F)c(Oc3ncnc(Nc4ccc(N5CCN(C)CC5)cc4)c3C(=O)N(C)C)cc(F)c2[nH]1.Cc1cc2c(F)c(Oc3ncnc(Nc4ccc(N5CCNCC5)cc4)c3C(=O)N(C)C)cc(F)c2[nH]1. The number of piperazine rings is 3. The van der Waals surface area contributed by atoms with Crippen molar-refractivity contribution in [3.8, 4) is 34.9 Å². The maximum absolute atomic E-state index is 15.2. The number of benzene rings is 6. The Bertz CT molecular complexity index is 5490. The Morgan fingerprint density at radius 1 is 0.412 bits per heavy atom. The van der Waals surface area contributed by atoms with E-state index >= 15 is 13.2 Å². The van der Waals surface area contributed by atoms with Crippen LogP contribution in [0.1, 0.15) is 55.1 Å². The van der Waals surface area contributed by atoms with Crippen molar-refractivity contribution in [1.82, 2.24) is 74.7 Å². The van der Waals surface area contributed by atoms with E-state index in [-0.39, 0.29) is 102 Å². The van der Waals surface area contributed by atoms with E-state index in [2.05, 4.69) is 105 Å². The zero-order valence-corrected chi connectivity index (χ0v) is 64.8. The molecule has 9 heterocycles. The van der Waals surface area contributed by atoms with Crippen LogP contribution >= 0.6 is 0 Å². The predicted molar refractivity (Wildman–Crippen MR) is 428 cm³/mol. The van der Waals surface area contributed by atoms with Gasteiger partial charge in [-0.3, -0.25) is 14.4 Å². The van der Waals surface area contributed by atoms with E-state index in [4.69, 9.17) is 14.2 Å². The number of fused-ring (bicyclic) bond motifs is 3. The molecular weight excluding hydrogens is 1480 g/mol. The summed E-state index contributed by atoms with van der Waals surface area (Å²) >= 11 is 0. The molecule has 27 nitrogen and oxygen atoms in total. The number of H-pyrrole nitrogens is 3. The summed E-state index contributed by atoms with van der Waals surface area (Å²) < 4.78 is 107. The number of aromatic amines is 3. The van der Waals surface area contributed by atoms with Crippen LogP contribution in [0, 0.1) is 55.7 Å². The van der Waals surface area contributed by atoms with Crippen molar-refractivity contribution >= 4 is 102 Å². The van der Waals surface area contributed by atoms with Crippen LogP contribution in [0.5, 0.6) is 34.9 Å². The van der Waals surface area contributed by atoms with Crippen molar-refractivity contribution in [2.75, 3.05) is 165 Å². The van der Waals surface area contributed by atoms with Gasteiger partial charge in [0.2, 0.25) is 17.6 Å². The van der Waals surface area contributed by atoms with Crippen LogP contribution in [0.3, 0.4) is 0 Å². The summed E-state index contributed by atoms with van der Waals surface area (Å²) in [6.45, 7) is 19.9. The van der Waals surface area contributed by atoms with Crippen molar-refractivity contribution in [3.05, 3.63) is 197 Å². The average Bonchev–Trinajstić information content (AvgIpc) is 1.45. The van der Waals surface area contributed by atoms with E-state index < -0.39 is 52.6 Å². The molecule has 3 fully saturated rings. The molecule has 0 unspecified atom stereocenters. The van der Waals surface area contributed by atoms with Gasteiger partial charge < -0.3 is 89.6 Å². The summed E-state index contributed by atoms with van der Waals surface area (Å²) in [6, 6.07) is 30.7. The largest absolute Gasteiger partial charge is 0.435 e. The van der Waals surface area contributed by atoms with E-state index in [0.29, 0.717) is 34.1 Å². The van der Waals surface area contributed by atoms with Crippen LogP contribution in [-0.4, -0.2) is 221 Å². The number of aryl methyl sites for hydroxylation is 3. The Balaban J connectivity index is 0.000000149. The summed E-state index contributed by atoms with van der Waals surface area (Å²) in [5, 5.41) is 12.9. The lowest BCUT2D eigenvalue weighted by Crippen LogP contribution is -2.46. The van der Waals surface area contributed by atoms with E-state index in [1.807, 2.05) is 72.8 Å². The third-order valence-corrected chi connectivity index (χ3v) is 19.5. The fourth-order valence-electron chi connectivity index (χ4n) is 13.4. The zero-order chi connectivity index (χ0) is 80.8. The van der Waals surface area contributed by atoms with Crippen molar-refractivity contribution in [3.63, 3.8) is 0 Å². The Morgan fingerprint density at radius 3 is 0.991 bits per heavy atom. The van der Waals surface area contributed by atoms with Crippen LogP contribution in [0.15, 0.2) is 128 Å². The number of ether oxygens (including phenoxy) is 3. The highest BCUT2D eigenvalue weighted by Crippen LogP contribution is 2.40. The number of carbonyl (C=O) groups excluding carboxylic acids is 3. The molecule has 3 aliphatic heterocycles. The quantitative estimate of drug-likeness (QED) is 0.0371. The topological polar surface area (TPSA) is 278 Å². The minimum atomic E-state index is -0.763. The van der Waals surface area contributed by atoms with Gasteiger partial charge in [0.25, 0.3) is 17.7 Å². The number of amides is 3. The number of rotatable bonds is 19. The molecule has 0 saturated carbocycles. The second kappa shape index (κ2) is 34.5. The van der Waals surface area contributed by atoms with Crippen LogP contribution < -0.4 is 50.2 Å². The fourth-order valence-corrected chi connectivity index (χ4v) is 13.4. The van der Waals surface area contributed by atoms with Gasteiger partial charge in [-0.15, -0.1) is 0 Å². The van der Waals surface area contributed by atoms with Crippen LogP contribution in [-0.2, 0) is 0 Å². The summed E-state index contributed by atoms with van der Waals surface area (Å²) in [5.41, 5.74) is 7.31. The molecular formula is C81H87F6N21O6. The summed E-state index contributed by atoms with van der Waals surface area (Å²) in [5.74, 6) is -6.92. The molecule has 7 N–H and O–H groups in total. The molecule has 3 aliphatic rings. The Morgan fingerprint density at radius 2 is 0.702 bits per heavy atom. The van der Waals surface area contributed by atoms with E-state index in [9.17, 15) is 27.6 Å². The van der Waals surface area contributed by atoms with Gasteiger partial charge >= 0.3 is 0 Å². The predicted octanol–water partition coefficient (Wildman–Crippen LogP) is 13.6. The standard InChI is InChI=1S/C28H31F2N7O2.C27H29F2N7O2.C26H27F2N7O2/c1-5-36-10-12-37(13-11-36)19-8-6-18(7-9-19)34-26-23(28(38)35(3)4)27(32-16-31-26)39-22-15-21(29)25-20(24(22)30)14-17(2)33-25;1-16-13-19-23(29)21(14-20(28)24(19)32-16)38-26-22(27(37)34(2)3)25(30-15-31-26)33-17-5-7-18(8-6-17)36-11-9-35(4)10-12-36;1-15-12-18-22(28)20(13-19(27)23(18)32-15)37-25-21(26(36)34(2)3)24(30-14-31-25)33-16-4-6-17(7-5-16)35-10-8-29-9-11-35/h6-9,14-16,33H,5,10-13H2,1-4H3,(H,31,32,34);5-8,13-15,32H,9-12H2,1-4H3,(H,30,31,33);4-7,12-14,29,32H,8-11H2,1-3H3,(H,30,31,33). The van der Waals surface area contributed by atoms with E-state index in [0.717, 1.165) is 120 Å². The average molecular weight is 1560 g/mol. The van der Waals surface area contributed by atoms with Crippen molar-refractivity contribution in [1.29, 1.82) is 0 Å². The Hall–Kier alpha value is -12.8. The number of nitrogens with one attached hydrogen (secondary N) is 7. The molecule has 12 aromatic rings. The molecule has 6 aromatic carbocycles. The van der Waals surface area contributed by atoms with Gasteiger partial charge in [-0.1, -0.05) is 6.92 Å². The van der Waals surface area contributed by atoms with Crippen molar-refractivity contribution < 1.29 is 54.9 Å². The lowest BCUT2D eigenvalue weighted by Gasteiger charge is -2.35. The Labute approximate surface area is 653 Å². The summed E-state index contributed by atoms with van der Waals surface area (Å²) in [6.07, 6.45) is 3.61. The molecule has 0 aliphatic carbocycles. The summed E-state index contributed by atoms with van der Waals surface area (Å²) in [7, 11) is 11.5. The fraction of sp³-hybridized carbons (Fsp3) is 0.296. The second-order valence-corrected chi connectivity index (χ2v) is 28.3. The lowest BCUT2D eigenvalue weighted by molar-refractivity contribution is 0.0817. The molecule has 0 bridgehead atoms. The number of carbonyl (C=O) groups is 3. The maximum atomic E-state index is 15.2. The Kier molecular flexibility index (Phi) is 24.0. The van der Waals surface area contributed by atoms with Gasteiger partial charge in [0.05, 0.1) is 16.6 Å². The molecule has 114 heavy (non-hydrogen) atoms. The molecule has 0 atom stereocenters. The van der Waals surface area contributed by atoms with Crippen molar-refractivity contribution in [2.45, 2.75) is 27.7 Å². The van der Waals surface area contributed by atoms with Crippen LogP contribution in [0.2, 0.25) is 0 Å². The summed E-state index contributed by atoms with van der Waals surface area (Å²) in [4.78, 5) is 88.6. The second-order valence-electron chi connectivity index (χ2n) is 28.3. The maximum Gasteiger partial charge on any atom is 0.262 e. The number of aromatic nitrogens is 9. The number of halogens is 6.